The Morgan fingerprint density at radius 2 is 2.30 bits per heavy atom. The number of amides is 1. The molecule has 1 aromatic carbocycles. The van der Waals surface area contributed by atoms with Crippen molar-refractivity contribution in [3.63, 3.8) is 0 Å². The van der Waals surface area contributed by atoms with Crippen LogP contribution in [-0.2, 0) is 6.54 Å². The summed E-state index contributed by atoms with van der Waals surface area (Å²) in [5.74, 6) is -0.302. The number of carbonyl (C=O) groups excluding carboxylic acids is 1. The molecular weight excluding hydrogens is 266 g/mol. The Kier molecular flexibility index (Phi) is 3.84. The number of nitro benzene ring substituents is 1. The molecule has 20 heavy (non-hydrogen) atoms. The van der Waals surface area contributed by atoms with Crippen molar-refractivity contribution in [3.8, 4) is 0 Å². The number of aromatic nitrogens is 4. The molecule has 0 atom stereocenters. The first kappa shape index (κ1) is 13.4. The maximum absolute atomic E-state index is 12.0. The second-order valence-electron chi connectivity index (χ2n) is 3.72. The minimum atomic E-state index is -0.602. The highest BCUT2D eigenvalue weighted by Crippen LogP contribution is 2.28. The van der Waals surface area contributed by atoms with E-state index in [0.717, 1.165) is 0 Å². The van der Waals surface area contributed by atoms with Gasteiger partial charge in [-0.1, -0.05) is 11.3 Å². The molecule has 0 radical (unpaired) electrons. The van der Waals surface area contributed by atoms with E-state index in [1.807, 2.05) is 0 Å². The number of anilines is 1. The number of rotatable bonds is 5. The van der Waals surface area contributed by atoms with Crippen LogP contribution in [0.2, 0.25) is 0 Å². The number of nitrogens with one attached hydrogen (secondary N) is 3. The SMILES string of the molecule is CNc1cccc(C(=O)NCc2nn[nH]n2)c1[N+](=O)[O-]. The third-order valence-electron chi connectivity index (χ3n) is 2.53. The lowest BCUT2D eigenvalue weighted by atomic mass is 10.1. The fourth-order valence-corrected chi connectivity index (χ4v) is 1.64. The molecule has 10 heteroatoms. The molecule has 0 aliphatic carbocycles. The topological polar surface area (TPSA) is 139 Å². The molecule has 2 rings (SSSR count). The van der Waals surface area contributed by atoms with Crippen LogP contribution in [0.5, 0.6) is 0 Å². The summed E-state index contributed by atoms with van der Waals surface area (Å²) >= 11 is 0. The van der Waals surface area contributed by atoms with Crippen LogP contribution >= 0.6 is 0 Å². The first-order valence-electron chi connectivity index (χ1n) is 5.59. The fourth-order valence-electron chi connectivity index (χ4n) is 1.64. The normalized spacial score (nSPS) is 10.1. The van der Waals surface area contributed by atoms with Crippen molar-refractivity contribution in [1.29, 1.82) is 0 Å². The zero-order valence-electron chi connectivity index (χ0n) is 10.5. The monoisotopic (exact) mass is 277 g/mol. The van der Waals surface area contributed by atoms with Crippen LogP contribution in [0.4, 0.5) is 11.4 Å². The molecule has 3 N–H and O–H groups in total. The zero-order chi connectivity index (χ0) is 14.5. The van der Waals surface area contributed by atoms with Gasteiger partial charge in [0.25, 0.3) is 5.91 Å². The summed E-state index contributed by atoms with van der Waals surface area (Å²) in [4.78, 5) is 22.5. The van der Waals surface area contributed by atoms with Gasteiger partial charge < -0.3 is 10.6 Å². The van der Waals surface area contributed by atoms with Gasteiger partial charge in [0, 0.05) is 7.05 Å². The molecule has 104 valence electrons. The summed E-state index contributed by atoms with van der Waals surface area (Å²) in [6.07, 6.45) is 0. The minimum absolute atomic E-state index is 0.0241. The van der Waals surface area contributed by atoms with Crippen molar-refractivity contribution in [3.05, 3.63) is 39.7 Å². The molecule has 0 bridgehead atoms. The third-order valence-corrected chi connectivity index (χ3v) is 2.53. The molecule has 0 fully saturated rings. The van der Waals surface area contributed by atoms with E-state index in [4.69, 9.17) is 0 Å². The molecule has 1 amide bonds. The number of para-hydroxylation sites is 1. The van der Waals surface area contributed by atoms with Crippen molar-refractivity contribution in [2.24, 2.45) is 0 Å². The van der Waals surface area contributed by atoms with Crippen LogP contribution in [0.1, 0.15) is 16.2 Å². The number of tetrazole rings is 1. The van der Waals surface area contributed by atoms with Gasteiger partial charge in [-0.05, 0) is 12.1 Å². The van der Waals surface area contributed by atoms with E-state index >= 15 is 0 Å². The third kappa shape index (κ3) is 2.68. The van der Waals surface area contributed by atoms with Crippen LogP contribution in [0.15, 0.2) is 18.2 Å². The lowest BCUT2D eigenvalue weighted by Gasteiger charge is -2.07. The highest BCUT2D eigenvalue weighted by molar-refractivity contribution is 6.00. The summed E-state index contributed by atoms with van der Waals surface area (Å²) in [6, 6.07) is 4.46. The van der Waals surface area contributed by atoms with E-state index in [1.165, 1.54) is 12.1 Å². The average molecular weight is 277 g/mol. The summed E-state index contributed by atoms with van der Waals surface area (Å²) in [5.41, 5.74) is -0.0480. The fraction of sp³-hybridized carbons (Fsp3) is 0.200. The summed E-state index contributed by atoms with van der Waals surface area (Å²) < 4.78 is 0. The Morgan fingerprint density at radius 3 is 2.90 bits per heavy atom. The number of H-pyrrole nitrogens is 1. The smallest absolute Gasteiger partial charge is 0.305 e. The molecule has 2 aromatic rings. The average Bonchev–Trinajstić information content (AvgIpc) is 2.96. The zero-order valence-corrected chi connectivity index (χ0v) is 10.5. The maximum Gasteiger partial charge on any atom is 0.305 e. The first-order chi connectivity index (χ1) is 9.63. The Balaban J connectivity index is 2.23. The number of hydrogen-bond donors (Lipinski definition) is 3. The van der Waals surface area contributed by atoms with Crippen LogP contribution in [-0.4, -0.2) is 38.5 Å². The molecule has 0 aliphatic heterocycles. The van der Waals surface area contributed by atoms with Crippen molar-refractivity contribution in [1.82, 2.24) is 25.9 Å². The van der Waals surface area contributed by atoms with E-state index in [0.29, 0.717) is 0 Å². The van der Waals surface area contributed by atoms with Gasteiger partial charge in [-0.25, -0.2) is 0 Å². The number of nitrogens with zero attached hydrogens (tertiary/aromatic N) is 4. The molecule has 0 aliphatic rings. The lowest BCUT2D eigenvalue weighted by molar-refractivity contribution is -0.384. The van der Waals surface area contributed by atoms with Gasteiger partial charge in [0.05, 0.1) is 11.5 Å². The Morgan fingerprint density at radius 1 is 1.50 bits per heavy atom. The van der Waals surface area contributed by atoms with Crippen molar-refractivity contribution >= 4 is 17.3 Å². The Bertz CT molecular complexity index is 626. The molecule has 1 heterocycles. The van der Waals surface area contributed by atoms with Gasteiger partial charge in [-0.3, -0.25) is 14.9 Å². The first-order valence-corrected chi connectivity index (χ1v) is 5.59. The summed E-state index contributed by atoms with van der Waals surface area (Å²) in [7, 11) is 1.54. The van der Waals surface area contributed by atoms with Gasteiger partial charge >= 0.3 is 5.69 Å². The highest BCUT2D eigenvalue weighted by atomic mass is 16.6. The standard InChI is InChI=1S/C10H11N7O3/c1-11-7-4-2-3-6(9(7)17(19)20)10(18)12-5-8-13-15-16-14-8/h2-4,11H,5H2,1H3,(H,12,18)(H,13,14,15,16). The predicted octanol–water partition coefficient (Wildman–Crippen LogP) is 0.0796. The second-order valence-corrected chi connectivity index (χ2v) is 3.72. The van der Waals surface area contributed by atoms with Crippen LogP contribution in [0.25, 0.3) is 0 Å². The van der Waals surface area contributed by atoms with Crippen LogP contribution < -0.4 is 10.6 Å². The number of aromatic amines is 1. The quantitative estimate of drug-likeness (QED) is 0.519. The van der Waals surface area contributed by atoms with Gasteiger partial charge in [-0.15, -0.1) is 10.2 Å². The Hall–Kier alpha value is -3.04. The second kappa shape index (κ2) is 5.73. The van der Waals surface area contributed by atoms with E-state index in [-0.39, 0.29) is 29.3 Å². The van der Waals surface area contributed by atoms with Crippen LogP contribution in [0.3, 0.4) is 0 Å². The predicted molar refractivity (Wildman–Crippen MR) is 68.0 cm³/mol. The van der Waals surface area contributed by atoms with Gasteiger partial charge in [-0.2, -0.15) is 5.21 Å². The van der Waals surface area contributed by atoms with Crippen molar-refractivity contribution in [2.45, 2.75) is 6.54 Å². The summed E-state index contributed by atoms with van der Waals surface area (Å²) in [6.45, 7) is 0.0241. The highest BCUT2D eigenvalue weighted by Gasteiger charge is 2.23. The maximum atomic E-state index is 12.0. The van der Waals surface area contributed by atoms with Gasteiger partial charge in [0.2, 0.25) is 0 Å². The van der Waals surface area contributed by atoms with E-state index in [1.54, 1.807) is 13.1 Å². The number of carbonyl (C=O) groups is 1. The molecule has 1 aromatic heterocycles. The van der Waals surface area contributed by atoms with E-state index < -0.39 is 10.8 Å². The van der Waals surface area contributed by atoms with Crippen LogP contribution in [0, 0.1) is 10.1 Å². The molecule has 0 unspecified atom stereocenters. The van der Waals surface area contributed by atoms with Gasteiger partial charge in [0.1, 0.15) is 11.3 Å². The molecular formula is C10H11N7O3. The van der Waals surface area contributed by atoms with Crippen molar-refractivity contribution in [2.75, 3.05) is 12.4 Å². The summed E-state index contributed by atoms with van der Waals surface area (Å²) in [5, 5.41) is 29.2. The number of nitro groups is 1. The molecule has 0 spiro atoms. The van der Waals surface area contributed by atoms with Gasteiger partial charge in [0.15, 0.2) is 5.82 Å². The largest absolute Gasteiger partial charge is 0.383 e. The van der Waals surface area contributed by atoms with Crippen molar-refractivity contribution < 1.29 is 9.72 Å². The van der Waals surface area contributed by atoms with E-state index in [9.17, 15) is 14.9 Å². The Labute approximate surface area is 112 Å². The molecule has 0 saturated carbocycles. The minimum Gasteiger partial charge on any atom is -0.383 e. The molecule has 10 nitrogen and oxygen atoms in total. The number of hydrogen-bond acceptors (Lipinski definition) is 7. The lowest BCUT2D eigenvalue weighted by Crippen LogP contribution is -2.24. The number of benzene rings is 1. The molecule has 0 saturated heterocycles. The van der Waals surface area contributed by atoms with E-state index in [2.05, 4.69) is 31.3 Å².